The van der Waals surface area contributed by atoms with Crippen LogP contribution >= 0.6 is 0 Å². The van der Waals surface area contributed by atoms with Crippen LogP contribution in [0.15, 0.2) is 66.7 Å². The molecule has 126 valence electrons. The average molecular weight is 334 g/mol. The van der Waals surface area contributed by atoms with Crippen molar-refractivity contribution in [3.8, 4) is 5.75 Å². The van der Waals surface area contributed by atoms with E-state index in [1.807, 2.05) is 61.5 Å². The lowest BCUT2D eigenvalue weighted by Crippen LogP contribution is -2.14. The maximum atomic E-state index is 12.2. The van der Waals surface area contributed by atoms with Crippen LogP contribution in [-0.4, -0.2) is 22.7 Å². The number of rotatable bonds is 6. The maximum Gasteiger partial charge on any atom is 0.276 e. The van der Waals surface area contributed by atoms with Gasteiger partial charge in [0.15, 0.2) is 11.5 Å². The second kappa shape index (κ2) is 7.92. The Kier molecular flexibility index (Phi) is 5.21. The Bertz CT molecular complexity index is 836. The van der Waals surface area contributed by atoms with E-state index < -0.39 is 0 Å². The van der Waals surface area contributed by atoms with Crippen LogP contribution in [0.2, 0.25) is 0 Å². The van der Waals surface area contributed by atoms with Crippen LogP contribution in [0, 0.1) is 0 Å². The van der Waals surface area contributed by atoms with Crippen LogP contribution in [0.4, 0.5) is 17.2 Å². The standard InChI is InChI=1S/C19H18N4O2/c1-2-25-17-11-7-6-10-15(17)21-18-13-12-16(22-23-18)19(24)20-14-8-4-3-5-9-14/h3-13H,2H2,1H3,(H,20,24)(H,21,23). The smallest absolute Gasteiger partial charge is 0.276 e. The molecule has 0 spiro atoms. The highest BCUT2D eigenvalue weighted by molar-refractivity contribution is 6.02. The van der Waals surface area contributed by atoms with Gasteiger partial charge in [-0.25, -0.2) is 0 Å². The van der Waals surface area contributed by atoms with Gasteiger partial charge in [0.2, 0.25) is 0 Å². The summed E-state index contributed by atoms with van der Waals surface area (Å²) in [5.74, 6) is 0.959. The molecule has 0 aliphatic carbocycles. The molecule has 2 N–H and O–H groups in total. The Balaban J connectivity index is 1.69. The van der Waals surface area contributed by atoms with Gasteiger partial charge in [0.25, 0.3) is 5.91 Å². The number of nitrogens with one attached hydrogen (secondary N) is 2. The lowest BCUT2D eigenvalue weighted by atomic mass is 10.3. The Hall–Kier alpha value is -3.41. The van der Waals surface area contributed by atoms with Crippen LogP contribution in [0.1, 0.15) is 17.4 Å². The molecule has 0 bridgehead atoms. The van der Waals surface area contributed by atoms with Gasteiger partial charge >= 0.3 is 0 Å². The third kappa shape index (κ3) is 4.32. The van der Waals surface area contributed by atoms with Crippen molar-refractivity contribution in [3.63, 3.8) is 0 Å². The molecule has 25 heavy (non-hydrogen) atoms. The van der Waals surface area contributed by atoms with Crippen molar-refractivity contribution < 1.29 is 9.53 Å². The van der Waals surface area contributed by atoms with Crippen LogP contribution < -0.4 is 15.4 Å². The summed E-state index contributed by atoms with van der Waals surface area (Å²) in [5.41, 5.74) is 1.75. The highest BCUT2D eigenvalue weighted by Gasteiger charge is 2.09. The fraction of sp³-hybridized carbons (Fsp3) is 0.105. The molecule has 0 atom stereocenters. The van der Waals surface area contributed by atoms with Crippen LogP contribution in [0.3, 0.4) is 0 Å². The summed E-state index contributed by atoms with van der Waals surface area (Å²) in [6.07, 6.45) is 0. The van der Waals surface area contributed by atoms with E-state index in [0.717, 1.165) is 11.4 Å². The molecule has 0 saturated carbocycles. The van der Waals surface area contributed by atoms with Gasteiger partial charge in [-0.3, -0.25) is 4.79 Å². The minimum Gasteiger partial charge on any atom is -0.492 e. The van der Waals surface area contributed by atoms with E-state index >= 15 is 0 Å². The summed E-state index contributed by atoms with van der Waals surface area (Å²) in [6, 6.07) is 20.1. The number of hydrogen-bond donors (Lipinski definition) is 2. The van der Waals surface area contributed by atoms with Gasteiger partial charge in [0.1, 0.15) is 5.75 Å². The summed E-state index contributed by atoms with van der Waals surface area (Å²) in [5, 5.41) is 14.0. The zero-order valence-electron chi connectivity index (χ0n) is 13.8. The van der Waals surface area contributed by atoms with Gasteiger partial charge in [-0.2, -0.15) is 0 Å². The predicted octanol–water partition coefficient (Wildman–Crippen LogP) is 3.87. The largest absolute Gasteiger partial charge is 0.492 e. The molecule has 6 nitrogen and oxygen atoms in total. The van der Waals surface area contributed by atoms with Crippen molar-refractivity contribution in [2.45, 2.75) is 6.92 Å². The fourth-order valence-corrected chi connectivity index (χ4v) is 2.23. The zero-order chi connectivity index (χ0) is 17.5. The first-order chi connectivity index (χ1) is 12.3. The molecule has 0 radical (unpaired) electrons. The van der Waals surface area contributed by atoms with Crippen molar-refractivity contribution >= 4 is 23.1 Å². The summed E-state index contributed by atoms with van der Waals surface area (Å²) < 4.78 is 5.56. The van der Waals surface area contributed by atoms with Crippen molar-refractivity contribution in [2.24, 2.45) is 0 Å². The average Bonchev–Trinajstić information content (AvgIpc) is 2.65. The molecular formula is C19H18N4O2. The third-order valence-electron chi connectivity index (χ3n) is 3.38. The minimum absolute atomic E-state index is 0.243. The number of nitrogens with zero attached hydrogens (tertiary/aromatic N) is 2. The lowest BCUT2D eigenvalue weighted by molar-refractivity contribution is 0.102. The van der Waals surface area contributed by atoms with E-state index in [4.69, 9.17) is 4.74 Å². The van der Waals surface area contributed by atoms with E-state index in [1.165, 1.54) is 0 Å². The molecular weight excluding hydrogens is 316 g/mol. The summed E-state index contributed by atoms with van der Waals surface area (Å²) in [7, 11) is 0. The second-order valence-corrected chi connectivity index (χ2v) is 5.18. The van der Waals surface area contributed by atoms with E-state index in [2.05, 4.69) is 20.8 Å². The molecule has 2 aromatic carbocycles. The molecule has 0 unspecified atom stereocenters. The molecule has 0 aliphatic rings. The van der Waals surface area contributed by atoms with E-state index in [-0.39, 0.29) is 11.6 Å². The van der Waals surface area contributed by atoms with Gasteiger partial charge in [0, 0.05) is 5.69 Å². The molecule has 6 heteroatoms. The Morgan fingerprint density at radius 1 is 0.960 bits per heavy atom. The first kappa shape index (κ1) is 16.4. The third-order valence-corrected chi connectivity index (χ3v) is 3.38. The number of carbonyl (C=O) groups is 1. The highest BCUT2D eigenvalue weighted by atomic mass is 16.5. The number of hydrogen-bond acceptors (Lipinski definition) is 5. The highest BCUT2D eigenvalue weighted by Crippen LogP contribution is 2.26. The van der Waals surface area contributed by atoms with Crippen LogP contribution in [0.5, 0.6) is 5.75 Å². The van der Waals surface area contributed by atoms with Crippen molar-refractivity contribution in [1.82, 2.24) is 10.2 Å². The number of para-hydroxylation sites is 3. The summed E-state index contributed by atoms with van der Waals surface area (Å²) in [6.45, 7) is 2.50. The Morgan fingerprint density at radius 3 is 2.44 bits per heavy atom. The second-order valence-electron chi connectivity index (χ2n) is 5.18. The molecule has 1 amide bonds. The monoisotopic (exact) mass is 334 g/mol. The predicted molar refractivity (Wildman–Crippen MR) is 97.3 cm³/mol. The van der Waals surface area contributed by atoms with Gasteiger partial charge in [-0.05, 0) is 43.3 Å². The SMILES string of the molecule is CCOc1ccccc1Nc1ccc(C(=O)Nc2ccccc2)nn1. The van der Waals surface area contributed by atoms with Crippen molar-refractivity contribution in [3.05, 3.63) is 72.4 Å². The number of ether oxygens (including phenoxy) is 1. The number of anilines is 3. The van der Waals surface area contributed by atoms with Gasteiger partial charge in [-0.15, -0.1) is 10.2 Å². The van der Waals surface area contributed by atoms with Crippen LogP contribution in [0.25, 0.3) is 0 Å². The first-order valence-electron chi connectivity index (χ1n) is 7.95. The zero-order valence-corrected chi connectivity index (χ0v) is 13.8. The topological polar surface area (TPSA) is 76.1 Å². The van der Waals surface area contributed by atoms with E-state index in [9.17, 15) is 4.79 Å². The number of aromatic nitrogens is 2. The van der Waals surface area contributed by atoms with Crippen molar-refractivity contribution in [2.75, 3.05) is 17.2 Å². The summed E-state index contributed by atoms with van der Waals surface area (Å²) >= 11 is 0. The molecule has 0 aliphatic heterocycles. The van der Waals surface area contributed by atoms with E-state index in [1.54, 1.807) is 12.1 Å². The minimum atomic E-state index is -0.306. The molecule has 3 aromatic rings. The Labute approximate surface area is 145 Å². The van der Waals surface area contributed by atoms with Gasteiger partial charge in [0.05, 0.1) is 12.3 Å². The number of carbonyl (C=O) groups excluding carboxylic acids is 1. The van der Waals surface area contributed by atoms with Gasteiger partial charge in [-0.1, -0.05) is 30.3 Å². The molecule has 1 aromatic heterocycles. The van der Waals surface area contributed by atoms with E-state index in [0.29, 0.717) is 18.1 Å². The van der Waals surface area contributed by atoms with Crippen LogP contribution in [-0.2, 0) is 0 Å². The van der Waals surface area contributed by atoms with Crippen molar-refractivity contribution in [1.29, 1.82) is 0 Å². The van der Waals surface area contributed by atoms with Gasteiger partial charge < -0.3 is 15.4 Å². The lowest BCUT2D eigenvalue weighted by Gasteiger charge is -2.11. The number of amides is 1. The normalized spacial score (nSPS) is 10.1. The quantitative estimate of drug-likeness (QED) is 0.715. The number of benzene rings is 2. The maximum absolute atomic E-state index is 12.2. The molecule has 0 saturated heterocycles. The summed E-state index contributed by atoms with van der Waals surface area (Å²) in [4.78, 5) is 12.2. The Morgan fingerprint density at radius 2 is 1.72 bits per heavy atom. The first-order valence-corrected chi connectivity index (χ1v) is 7.95. The molecule has 1 heterocycles. The molecule has 0 fully saturated rings. The molecule has 3 rings (SSSR count). The fourth-order valence-electron chi connectivity index (χ4n) is 2.23.